The minimum atomic E-state index is -1.51. The van der Waals surface area contributed by atoms with Crippen LogP contribution >= 0.6 is 0 Å². The van der Waals surface area contributed by atoms with Crippen LogP contribution in [0.2, 0.25) is 0 Å². The third-order valence-electron chi connectivity index (χ3n) is 3.11. The summed E-state index contributed by atoms with van der Waals surface area (Å²) in [7, 11) is 3.20. The summed E-state index contributed by atoms with van der Waals surface area (Å²) in [6.07, 6.45) is 1.73. The van der Waals surface area contributed by atoms with E-state index >= 15 is 0 Å². The summed E-state index contributed by atoms with van der Waals surface area (Å²) in [5, 5.41) is 10.5. The molecule has 4 nitrogen and oxygen atoms in total. The maximum absolute atomic E-state index is 12.1. The molecule has 1 atom stereocenters. The molecule has 1 heterocycles. The van der Waals surface area contributed by atoms with Gasteiger partial charge in [-0.3, -0.25) is 4.79 Å². The van der Waals surface area contributed by atoms with Gasteiger partial charge in [-0.1, -0.05) is 6.08 Å². The molecule has 0 fully saturated rings. The van der Waals surface area contributed by atoms with Crippen molar-refractivity contribution in [1.29, 1.82) is 0 Å². The van der Waals surface area contributed by atoms with E-state index in [0.29, 0.717) is 17.0 Å². The van der Waals surface area contributed by atoms with Gasteiger partial charge in [-0.15, -0.1) is 6.58 Å². The van der Waals surface area contributed by atoms with Gasteiger partial charge in [0.25, 0.3) is 5.91 Å². The van der Waals surface area contributed by atoms with Crippen molar-refractivity contribution in [3.05, 3.63) is 36.4 Å². The number of benzene rings is 1. The number of anilines is 1. The molecule has 0 aliphatic carbocycles. The summed E-state index contributed by atoms with van der Waals surface area (Å²) in [6.45, 7) is 3.58. The summed E-state index contributed by atoms with van der Waals surface area (Å²) < 4.78 is 5.11. The number of hydrogen-bond donors (Lipinski definition) is 1. The van der Waals surface area contributed by atoms with Crippen LogP contribution in [0.25, 0.3) is 0 Å². The van der Waals surface area contributed by atoms with Crippen molar-refractivity contribution in [2.75, 3.05) is 19.1 Å². The Morgan fingerprint density at radius 2 is 2.29 bits per heavy atom. The molecule has 1 aromatic carbocycles. The molecule has 0 bridgehead atoms. The van der Waals surface area contributed by atoms with Crippen LogP contribution in [0.4, 0.5) is 5.69 Å². The highest BCUT2D eigenvalue weighted by atomic mass is 16.5. The molecular formula is C13H15NO3. The van der Waals surface area contributed by atoms with E-state index in [9.17, 15) is 9.90 Å². The lowest BCUT2D eigenvalue weighted by atomic mass is 9.92. The van der Waals surface area contributed by atoms with Crippen LogP contribution in [0, 0.1) is 0 Å². The molecule has 1 aliphatic rings. The Morgan fingerprint density at radius 1 is 1.59 bits per heavy atom. The van der Waals surface area contributed by atoms with E-state index in [4.69, 9.17) is 4.74 Å². The molecule has 0 saturated heterocycles. The first-order valence-electron chi connectivity index (χ1n) is 5.34. The highest BCUT2D eigenvalue weighted by molar-refractivity contribution is 6.06. The number of ether oxygens (including phenoxy) is 1. The number of rotatable bonds is 3. The van der Waals surface area contributed by atoms with Crippen LogP contribution in [0.1, 0.15) is 12.0 Å². The molecule has 0 unspecified atom stereocenters. The smallest absolute Gasteiger partial charge is 0.263 e. The normalized spacial score (nSPS) is 22.5. The molecule has 0 radical (unpaired) electrons. The molecule has 1 N–H and O–H groups in total. The molecule has 2 rings (SSSR count). The number of hydrogen-bond acceptors (Lipinski definition) is 3. The molecule has 0 saturated carbocycles. The van der Waals surface area contributed by atoms with Gasteiger partial charge in [0, 0.05) is 19.0 Å². The second-order valence-corrected chi connectivity index (χ2v) is 4.10. The number of methoxy groups -OCH3 is 1. The number of carbonyl (C=O) groups is 1. The van der Waals surface area contributed by atoms with Crippen LogP contribution < -0.4 is 9.64 Å². The van der Waals surface area contributed by atoms with E-state index < -0.39 is 5.60 Å². The first-order valence-corrected chi connectivity index (χ1v) is 5.34. The van der Waals surface area contributed by atoms with E-state index in [0.717, 1.165) is 0 Å². The predicted molar refractivity (Wildman–Crippen MR) is 65.1 cm³/mol. The fraction of sp³-hybridized carbons (Fsp3) is 0.308. The molecule has 17 heavy (non-hydrogen) atoms. The fourth-order valence-corrected chi connectivity index (χ4v) is 2.17. The van der Waals surface area contributed by atoms with E-state index in [1.807, 2.05) is 0 Å². The van der Waals surface area contributed by atoms with Crippen molar-refractivity contribution in [1.82, 2.24) is 0 Å². The Balaban J connectivity index is 2.60. The van der Waals surface area contributed by atoms with E-state index in [1.54, 1.807) is 38.4 Å². The molecule has 0 aromatic heterocycles. The zero-order valence-corrected chi connectivity index (χ0v) is 9.93. The SMILES string of the molecule is C=CC[C@]1(O)C(=O)N(C)c2ccc(OC)cc21. The van der Waals surface area contributed by atoms with Gasteiger partial charge in [-0.2, -0.15) is 0 Å². The highest BCUT2D eigenvalue weighted by Crippen LogP contribution is 2.43. The fourth-order valence-electron chi connectivity index (χ4n) is 2.17. The van der Waals surface area contributed by atoms with Gasteiger partial charge < -0.3 is 14.7 Å². The third kappa shape index (κ3) is 1.52. The van der Waals surface area contributed by atoms with E-state index in [1.165, 1.54) is 4.90 Å². The predicted octanol–water partition coefficient (Wildman–Crippen LogP) is 1.44. The molecule has 90 valence electrons. The summed E-state index contributed by atoms with van der Waals surface area (Å²) in [5.41, 5.74) is -0.232. The van der Waals surface area contributed by atoms with Gasteiger partial charge in [0.2, 0.25) is 0 Å². The average Bonchev–Trinajstić information content (AvgIpc) is 2.52. The Kier molecular flexibility index (Phi) is 2.67. The van der Waals surface area contributed by atoms with Crippen LogP contribution in [0.15, 0.2) is 30.9 Å². The first kappa shape index (κ1) is 11.7. The highest BCUT2D eigenvalue weighted by Gasteiger charge is 2.47. The summed E-state index contributed by atoms with van der Waals surface area (Å²) in [6, 6.07) is 5.23. The maximum Gasteiger partial charge on any atom is 0.263 e. The van der Waals surface area contributed by atoms with Crippen molar-refractivity contribution < 1.29 is 14.6 Å². The Morgan fingerprint density at radius 3 is 2.88 bits per heavy atom. The number of amides is 1. The van der Waals surface area contributed by atoms with Crippen molar-refractivity contribution in [2.45, 2.75) is 12.0 Å². The third-order valence-corrected chi connectivity index (χ3v) is 3.11. The summed E-state index contributed by atoms with van der Waals surface area (Å²) in [4.78, 5) is 13.5. The number of fused-ring (bicyclic) bond motifs is 1. The lowest BCUT2D eigenvalue weighted by molar-refractivity contribution is -0.135. The standard InChI is InChI=1S/C13H15NO3/c1-4-7-13(16)10-8-9(17-3)5-6-11(10)14(2)12(13)15/h4-6,8,16H,1,7H2,2-3H3/t13-/m1/s1. The lowest BCUT2D eigenvalue weighted by Gasteiger charge is -2.19. The minimum absolute atomic E-state index is 0.191. The van der Waals surface area contributed by atoms with Crippen LogP contribution in [-0.4, -0.2) is 25.2 Å². The van der Waals surface area contributed by atoms with Crippen molar-refractivity contribution >= 4 is 11.6 Å². The van der Waals surface area contributed by atoms with Crippen molar-refractivity contribution in [2.24, 2.45) is 0 Å². The van der Waals surface area contributed by atoms with E-state index in [2.05, 4.69) is 6.58 Å². The van der Waals surface area contributed by atoms with Gasteiger partial charge in [0.05, 0.1) is 12.8 Å². The average molecular weight is 233 g/mol. The van der Waals surface area contributed by atoms with E-state index in [-0.39, 0.29) is 12.3 Å². The Bertz CT molecular complexity index is 484. The molecule has 4 heteroatoms. The first-order chi connectivity index (χ1) is 8.04. The minimum Gasteiger partial charge on any atom is -0.497 e. The number of likely N-dealkylation sites (N-methyl/N-ethyl adjacent to an activating group) is 1. The molecule has 1 amide bonds. The number of nitrogens with zero attached hydrogens (tertiary/aromatic N) is 1. The second-order valence-electron chi connectivity index (χ2n) is 4.10. The Hall–Kier alpha value is -1.81. The van der Waals surface area contributed by atoms with Crippen molar-refractivity contribution in [3.63, 3.8) is 0 Å². The Labute approximate surface area is 100 Å². The van der Waals surface area contributed by atoms with Crippen LogP contribution in [0.3, 0.4) is 0 Å². The van der Waals surface area contributed by atoms with Crippen LogP contribution in [0.5, 0.6) is 5.75 Å². The van der Waals surface area contributed by atoms with Gasteiger partial charge in [-0.05, 0) is 18.2 Å². The maximum atomic E-state index is 12.1. The van der Waals surface area contributed by atoms with Crippen molar-refractivity contribution in [3.8, 4) is 5.75 Å². The molecule has 1 aromatic rings. The quantitative estimate of drug-likeness (QED) is 0.804. The zero-order valence-electron chi connectivity index (χ0n) is 9.93. The monoisotopic (exact) mass is 233 g/mol. The summed E-state index contributed by atoms with van der Waals surface area (Å²) in [5.74, 6) is 0.287. The molecule has 1 aliphatic heterocycles. The second kappa shape index (κ2) is 3.89. The van der Waals surface area contributed by atoms with Gasteiger partial charge >= 0.3 is 0 Å². The van der Waals surface area contributed by atoms with Gasteiger partial charge in [-0.25, -0.2) is 0 Å². The number of carbonyl (C=O) groups excluding carboxylic acids is 1. The summed E-state index contributed by atoms with van der Waals surface area (Å²) >= 11 is 0. The molecular weight excluding hydrogens is 218 g/mol. The number of aliphatic hydroxyl groups is 1. The largest absolute Gasteiger partial charge is 0.497 e. The molecule has 0 spiro atoms. The van der Waals surface area contributed by atoms with Crippen LogP contribution in [-0.2, 0) is 10.4 Å². The zero-order chi connectivity index (χ0) is 12.6. The topological polar surface area (TPSA) is 49.8 Å². The van der Waals surface area contributed by atoms with Gasteiger partial charge in [0.1, 0.15) is 5.75 Å². The van der Waals surface area contributed by atoms with Gasteiger partial charge in [0.15, 0.2) is 5.60 Å². The lowest BCUT2D eigenvalue weighted by Crippen LogP contribution is -2.38.